The summed E-state index contributed by atoms with van der Waals surface area (Å²) in [5, 5.41) is 8.79. The fourth-order valence-corrected chi connectivity index (χ4v) is 3.46. The first kappa shape index (κ1) is 15.6. The minimum atomic E-state index is 0.812. The van der Waals surface area contributed by atoms with Crippen LogP contribution in [0.25, 0.3) is 0 Å². The van der Waals surface area contributed by atoms with Crippen molar-refractivity contribution in [2.75, 3.05) is 31.6 Å². The molecule has 0 bridgehead atoms. The Balaban J connectivity index is 1.67. The van der Waals surface area contributed by atoms with Crippen molar-refractivity contribution in [2.45, 2.75) is 20.0 Å². The summed E-state index contributed by atoms with van der Waals surface area (Å²) in [6.45, 7) is 6.64. The van der Waals surface area contributed by atoms with Crippen molar-refractivity contribution in [1.82, 2.24) is 9.78 Å². The van der Waals surface area contributed by atoms with Crippen molar-refractivity contribution < 1.29 is 9.64 Å². The van der Waals surface area contributed by atoms with Crippen molar-refractivity contribution in [2.24, 2.45) is 0 Å². The molecule has 0 aliphatic carbocycles. The van der Waals surface area contributed by atoms with E-state index in [1.807, 2.05) is 4.68 Å². The van der Waals surface area contributed by atoms with E-state index in [4.69, 9.17) is 17.0 Å². The molecule has 0 saturated carbocycles. The molecule has 1 aromatic carbocycles. The van der Waals surface area contributed by atoms with Crippen LogP contribution in [0.2, 0.25) is 0 Å². The molecule has 2 N–H and O–H groups in total. The van der Waals surface area contributed by atoms with E-state index in [1.54, 1.807) is 0 Å². The van der Waals surface area contributed by atoms with Crippen LogP contribution < -0.4 is 10.2 Å². The van der Waals surface area contributed by atoms with Gasteiger partial charge in [-0.25, -0.2) is 0 Å². The molecular formula is C15H21N4OS2+. The van der Waals surface area contributed by atoms with E-state index in [9.17, 15) is 0 Å². The van der Waals surface area contributed by atoms with Crippen molar-refractivity contribution in [3.63, 3.8) is 0 Å². The third-order valence-corrected chi connectivity index (χ3v) is 5.02. The third-order valence-electron chi connectivity index (χ3n) is 3.79. The number of nitrogens with one attached hydrogen (secondary N) is 2. The molecule has 22 heavy (non-hydrogen) atoms. The first-order chi connectivity index (χ1) is 10.7. The molecule has 2 aromatic rings. The predicted molar refractivity (Wildman–Crippen MR) is 91.6 cm³/mol. The van der Waals surface area contributed by atoms with Crippen LogP contribution in [-0.2, 0) is 17.8 Å². The maximum absolute atomic E-state index is 5.43. The molecule has 1 aliphatic rings. The minimum absolute atomic E-state index is 0.812. The van der Waals surface area contributed by atoms with E-state index < -0.39 is 0 Å². The van der Waals surface area contributed by atoms with Gasteiger partial charge in [0.2, 0.25) is 5.13 Å². The highest BCUT2D eigenvalue weighted by Gasteiger charge is 2.15. The highest BCUT2D eigenvalue weighted by Crippen LogP contribution is 2.20. The van der Waals surface area contributed by atoms with Gasteiger partial charge in [-0.1, -0.05) is 30.4 Å². The van der Waals surface area contributed by atoms with Gasteiger partial charge in [-0.15, -0.1) is 5.10 Å². The normalized spacial score (nSPS) is 15.9. The Morgan fingerprint density at radius 2 is 2.05 bits per heavy atom. The molecule has 118 valence electrons. The molecule has 5 nitrogen and oxygen atoms in total. The summed E-state index contributed by atoms with van der Waals surface area (Å²) in [4.78, 5) is 1.46. The molecule has 1 fully saturated rings. The van der Waals surface area contributed by atoms with Crippen LogP contribution >= 0.6 is 23.6 Å². The molecule has 1 saturated heterocycles. The van der Waals surface area contributed by atoms with Crippen LogP contribution in [-0.4, -0.2) is 36.1 Å². The Bertz CT molecular complexity index is 659. The second kappa shape index (κ2) is 7.32. The van der Waals surface area contributed by atoms with E-state index in [1.165, 1.54) is 21.8 Å². The molecule has 7 heteroatoms. The lowest BCUT2D eigenvalue weighted by molar-refractivity contribution is -0.930. The number of hydrogen-bond donors (Lipinski definition) is 2. The van der Waals surface area contributed by atoms with Gasteiger partial charge in [0.25, 0.3) is 0 Å². The SMILES string of the molecule is CCc1ccc(Nc2nn(C[NH+]3CCOCC3)c(=S)s2)cc1. The maximum Gasteiger partial charge on any atom is 0.209 e. The second-order valence-corrected chi connectivity index (χ2v) is 6.99. The lowest BCUT2D eigenvalue weighted by Crippen LogP contribution is -3.13. The number of morpholine rings is 1. The minimum Gasteiger partial charge on any atom is -0.370 e. The molecule has 0 amide bonds. The molecular weight excluding hydrogens is 316 g/mol. The Hall–Kier alpha value is -1.28. The smallest absolute Gasteiger partial charge is 0.209 e. The van der Waals surface area contributed by atoms with Crippen LogP contribution in [0.3, 0.4) is 0 Å². The number of rotatable bonds is 5. The van der Waals surface area contributed by atoms with Crippen LogP contribution in [0.1, 0.15) is 12.5 Å². The Morgan fingerprint density at radius 1 is 1.32 bits per heavy atom. The van der Waals surface area contributed by atoms with Crippen molar-refractivity contribution in [3.8, 4) is 0 Å². The molecule has 1 aliphatic heterocycles. The first-order valence-electron chi connectivity index (χ1n) is 7.60. The molecule has 0 radical (unpaired) electrons. The van der Waals surface area contributed by atoms with Gasteiger partial charge < -0.3 is 15.0 Å². The Morgan fingerprint density at radius 3 is 2.73 bits per heavy atom. The van der Waals surface area contributed by atoms with Gasteiger partial charge in [0.05, 0.1) is 13.2 Å². The highest BCUT2D eigenvalue weighted by molar-refractivity contribution is 7.73. The number of nitrogens with zero attached hydrogens (tertiary/aromatic N) is 2. The molecule has 0 unspecified atom stereocenters. The third kappa shape index (κ3) is 3.92. The number of quaternary nitrogens is 1. The maximum atomic E-state index is 5.43. The van der Waals surface area contributed by atoms with Crippen molar-refractivity contribution in [1.29, 1.82) is 0 Å². The zero-order chi connectivity index (χ0) is 15.4. The topological polar surface area (TPSA) is 43.5 Å². The summed E-state index contributed by atoms with van der Waals surface area (Å²) in [5.41, 5.74) is 2.38. The average Bonchev–Trinajstić information content (AvgIpc) is 2.88. The zero-order valence-corrected chi connectivity index (χ0v) is 14.3. The standard InChI is InChI=1S/C15H20N4OS2/c1-2-12-3-5-13(6-4-12)16-14-17-19(15(21)22-14)11-18-7-9-20-10-8-18/h3-6H,2,7-11H2,1H3,(H,16,17)/p+1. The average molecular weight is 337 g/mol. The molecule has 3 rings (SSSR count). The summed E-state index contributed by atoms with van der Waals surface area (Å²) < 4.78 is 8.12. The monoisotopic (exact) mass is 337 g/mol. The summed E-state index contributed by atoms with van der Waals surface area (Å²) >= 11 is 6.95. The van der Waals surface area contributed by atoms with E-state index in [2.05, 4.69) is 41.6 Å². The predicted octanol–water partition coefficient (Wildman–Crippen LogP) is 1.85. The number of ether oxygens (including phenoxy) is 1. The van der Waals surface area contributed by atoms with Gasteiger partial charge in [0, 0.05) is 5.69 Å². The van der Waals surface area contributed by atoms with Crippen LogP contribution in [0.4, 0.5) is 10.8 Å². The Kier molecular flexibility index (Phi) is 5.20. The summed E-state index contributed by atoms with van der Waals surface area (Å²) in [6, 6.07) is 8.44. The van der Waals surface area contributed by atoms with Gasteiger partial charge in [-0.2, -0.15) is 4.68 Å². The number of anilines is 2. The summed E-state index contributed by atoms with van der Waals surface area (Å²) in [7, 11) is 0. The van der Waals surface area contributed by atoms with Crippen LogP contribution in [0.15, 0.2) is 24.3 Å². The number of aromatic nitrogens is 2. The van der Waals surface area contributed by atoms with Crippen LogP contribution in [0, 0.1) is 3.95 Å². The first-order valence-corrected chi connectivity index (χ1v) is 8.82. The quantitative estimate of drug-likeness (QED) is 0.818. The Labute approximate surface area is 139 Å². The van der Waals surface area contributed by atoms with Gasteiger partial charge in [-0.05, 0) is 36.3 Å². The fourth-order valence-electron chi connectivity index (χ4n) is 2.43. The highest BCUT2D eigenvalue weighted by atomic mass is 32.1. The van der Waals surface area contributed by atoms with E-state index >= 15 is 0 Å². The van der Waals surface area contributed by atoms with E-state index in [-0.39, 0.29) is 0 Å². The van der Waals surface area contributed by atoms with Crippen LogP contribution in [0.5, 0.6) is 0 Å². The lowest BCUT2D eigenvalue weighted by Gasteiger charge is -2.23. The number of hydrogen-bond acceptors (Lipinski definition) is 5. The van der Waals surface area contributed by atoms with Crippen molar-refractivity contribution in [3.05, 3.63) is 33.8 Å². The van der Waals surface area contributed by atoms with Gasteiger partial charge in [-0.3, -0.25) is 0 Å². The number of aryl methyl sites for hydroxylation is 1. The zero-order valence-electron chi connectivity index (χ0n) is 12.7. The fraction of sp³-hybridized carbons (Fsp3) is 0.467. The summed E-state index contributed by atoms with van der Waals surface area (Å²) in [5.74, 6) is 0. The molecule has 1 aromatic heterocycles. The number of benzene rings is 1. The van der Waals surface area contributed by atoms with Crippen molar-refractivity contribution >= 4 is 34.4 Å². The van der Waals surface area contributed by atoms with E-state index in [0.29, 0.717) is 0 Å². The van der Waals surface area contributed by atoms with Gasteiger partial charge >= 0.3 is 0 Å². The molecule has 0 spiro atoms. The molecule has 0 atom stereocenters. The summed E-state index contributed by atoms with van der Waals surface area (Å²) in [6.07, 6.45) is 1.05. The van der Waals surface area contributed by atoms with E-state index in [0.717, 1.165) is 54.2 Å². The lowest BCUT2D eigenvalue weighted by atomic mass is 10.1. The largest absolute Gasteiger partial charge is 0.370 e. The second-order valence-electron chi connectivity index (χ2n) is 5.37. The van der Waals surface area contributed by atoms with Gasteiger partial charge in [0.1, 0.15) is 13.1 Å². The molecule has 2 heterocycles. The van der Waals surface area contributed by atoms with Gasteiger partial charge in [0.15, 0.2) is 10.6 Å².